The van der Waals surface area contributed by atoms with Crippen molar-refractivity contribution >= 4 is 18.2 Å². The highest BCUT2D eigenvalue weighted by Gasteiger charge is 2.33. The molecule has 0 radical (unpaired) electrons. The first-order valence-corrected chi connectivity index (χ1v) is 4.46. The van der Waals surface area contributed by atoms with Gasteiger partial charge in [-0.1, -0.05) is 18.2 Å². The van der Waals surface area contributed by atoms with Gasteiger partial charge in [0.05, 0.1) is 11.3 Å². The van der Waals surface area contributed by atoms with Crippen molar-refractivity contribution in [3.63, 3.8) is 0 Å². The van der Waals surface area contributed by atoms with Crippen LogP contribution in [0.3, 0.4) is 0 Å². The second-order valence-electron chi connectivity index (χ2n) is 3.25. The van der Waals surface area contributed by atoms with Crippen LogP contribution in [0.2, 0.25) is 0 Å². The number of benzene rings is 1. The molecule has 0 aliphatic rings. The Bertz CT molecular complexity index is 507. The molecule has 3 N–H and O–H groups in total. The Balaban J connectivity index is 0.00000144. The first-order valence-electron chi connectivity index (χ1n) is 4.46. The number of nitrogens with one attached hydrogen (secondary N) is 1. The van der Waals surface area contributed by atoms with Gasteiger partial charge >= 0.3 is 6.18 Å². The van der Waals surface area contributed by atoms with Gasteiger partial charge in [-0.25, -0.2) is 0 Å². The van der Waals surface area contributed by atoms with Gasteiger partial charge < -0.3 is 5.73 Å². The van der Waals surface area contributed by atoms with Crippen molar-refractivity contribution in [3.05, 3.63) is 35.9 Å². The summed E-state index contributed by atoms with van der Waals surface area (Å²) in [5, 5.41) is 6.06. The summed E-state index contributed by atoms with van der Waals surface area (Å²) in [6.07, 6.45) is -4.39. The molecule has 0 bridgehead atoms. The SMILES string of the molecule is Cl.Nc1cc(-c2ccccc2C(F)(F)F)[nH]n1. The summed E-state index contributed by atoms with van der Waals surface area (Å²) in [5.41, 5.74) is 4.94. The smallest absolute Gasteiger partial charge is 0.382 e. The van der Waals surface area contributed by atoms with Gasteiger partial charge in [0.2, 0.25) is 0 Å². The molecule has 17 heavy (non-hydrogen) atoms. The first-order chi connectivity index (χ1) is 7.48. The Hall–Kier alpha value is -1.69. The Labute approximate surface area is 101 Å². The minimum absolute atomic E-state index is 0. The summed E-state index contributed by atoms with van der Waals surface area (Å²) < 4.78 is 38.0. The van der Waals surface area contributed by atoms with Gasteiger partial charge in [0.15, 0.2) is 0 Å². The lowest BCUT2D eigenvalue weighted by Crippen LogP contribution is -2.06. The Morgan fingerprint density at radius 2 is 1.82 bits per heavy atom. The lowest BCUT2D eigenvalue weighted by molar-refractivity contribution is -0.137. The number of nitrogen functional groups attached to an aromatic ring is 1. The molecule has 7 heteroatoms. The Morgan fingerprint density at radius 3 is 2.35 bits per heavy atom. The standard InChI is InChI=1S/C10H8F3N3.ClH/c11-10(12,13)7-4-2-1-3-6(7)8-5-9(14)16-15-8;/h1-5H,(H3,14,15,16);1H. The van der Waals surface area contributed by atoms with E-state index in [0.717, 1.165) is 6.07 Å². The maximum absolute atomic E-state index is 12.7. The third-order valence-corrected chi connectivity index (χ3v) is 2.12. The molecule has 0 fully saturated rings. The zero-order chi connectivity index (χ0) is 11.8. The normalized spacial score (nSPS) is 11.0. The van der Waals surface area contributed by atoms with Gasteiger partial charge in [0.1, 0.15) is 5.82 Å². The van der Waals surface area contributed by atoms with Crippen molar-refractivity contribution in [1.82, 2.24) is 10.2 Å². The molecule has 2 aromatic rings. The van der Waals surface area contributed by atoms with Crippen LogP contribution in [0.25, 0.3) is 11.3 Å². The van der Waals surface area contributed by atoms with Gasteiger partial charge in [-0.3, -0.25) is 5.10 Å². The van der Waals surface area contributed by atoms with Gasteiger partial charge in [0.25, 0.3) is 0 Å². The summed E-state index contributed by atoms with van der Waals surface area (Å²) in [7, 11) is 0. The Kier molecular flexibility index (Phi) is 3.67. The molecular weight excluding hydrogens is 255 g/mol. The number of H-pyrrole nitrogens is 1. The number of hydrogen-bond donors (Lipinski definition) is 2. The fourth-order valence-electron chi connectivity index (χ4n) is 1.44. The molecule has 0 saturated carbocycles. The largest absolute Gasteiger partial charge is 0.417 e. The molecule has 3 nitrogen and oxygen atoms in total. The zero-order valence-electron chi connectivity index (χ0n) is 8.45. The van der Waals surface area contributed by atoms with Crippen molar-refractivity contribution in [2.45, 2.75) is 6.18 Å². The van der Waals surface area contributed by atoms with Crippen LogP contribution in [0.5, 0.6) is 0 Å². The fraction of sp³-hybridized carbons (Fsp3) is 0.100. The molecule has 0 aliphatic heterocycles. The lowest BCUT2D eigenvalue weighted by Gasteiger charge is -2.10. The number of hydrogen-bond acceptors (Lipinski definition) is 2. The van der Waals surface area contributed by atoms with E-state index in [-0.39, 0.29) is 29.5 Å². The van der Waals surface area contributed by atoms with E-state index in [9.17, 15) is 13.2 Å². The predicted molar refractivity (Wildman–Crippen MR) is 60.7 cm³/mol. The minimum Gasteiger partial charge on any atom is -0.382 e. The van der Waals surface area contributed by atoms with Gasteiger partial charge in [-0.05, 0) is 6.07 Å². The van der Waals surface area contributed by atoms with Crippen LogP contribution in [-0.4, -0.2) is 10.2 Å². The molecule has 0 amide bonds. The van der Waals surface area contributed by atoms with E-state index in [1.54, 1.807) is 0 Å². The second-order valence-corrected chi connectivity index (χ2v) is 3.25. The molecule has 0 atom stereocenters. The molecule has 92 valence electrons. The van der Waals surface area contributed by atoms with Crippen LogP contribution < -0.4 is 5.73 Å². The molecular formula is C10H9ClF3N3. The van der Waals surface area contributed by atoms with E-state index >= 15 is 0 Å². The average molecular weight is 264 g/mol. The van der Waals surface area contributed by atoms with E-state index in [0.29, 0.717) is 0 Å². The summed E-state index contributed by atoms with van der Waals surface area (Å²) in [6, 6.07) is 6.63. The molecule has 0 saturated heterocycles. The molecule has 1 heterocycles. The average Bonchev–Trinajstić information content (AvgIpc) is 2.64. The highest BCUT2D eigenvalue weighted by Crippen LogP contribution is 2.36. The third-order valence-electron chi connectivity index (χ3n) is 2.12. The van der Waals surface area contributed by atoms with Gasteiger partial charge in [-0.2, -0.15) is 18.3 Å². The fourth-order valence-corrected chi connectivity index (χ4v) is 1.44. The number of alkyl halides is 3. The third kappa shape index (κ3) is 2.71. The molecule has 1 aromatic carbocycles. The second kappa shape index (κ2) is 4.67. The number of nitrogens with two attached hydrogens (primary N) is 1. The van der Waals surface area contributed by atoms with E-state index in [1.165, 1.54) is 24.3 Å². The Morgan fingerprint density at radius 1 is 1.18 bits per heavy atom. The van der Waals surface area contributed by atoms with Crippen molar-refractivity contribution in [1.29, 1.82) is 0 Å². The van der Waals surface area contributed by atoms with E-state index in [4.69, 9.17) is 5.73 Å². The lowest BCUT2D eigenvalue weighted by atomic mass is 10.0. The van der Waals surface area contributed by atoms with Crippen molar-refractivity contribution in [3.8, 4) is 11.3 Å². The summed E-state index contributed by atoms with van der Waals surface area (Å²) in [5.74, 6) is 0.159. The summed E-state index contributed by atoms with van der Waals surface area (Å²) in [4.78, 5) is 0. The van der Waals surface area contributed by atoms with Crippen LogP contribution in [0, 0.1) is 0 Å². The maximum Gasteiger partial charge on any atom is 0.417 e. The minimum atomic E-state index is -4.39. The molecule has 1 aromatic heterocycles. The van der Waals surface area contributed by atoms with Gasteiger partial charge in [-0.15, -0.1) is 12.4 Å². The van der Waals surface area contributed by atoms with E-state index < -0.39 is 11.7 Å². The van der Waals surface area contributed by atoms with E-state index in [1.807, 2.05) is 0 Å². The first kappa shape index (κ1) is 13.4. The predicted octanol–water partition coefficient (Wildman–Crippen LogP) is 3.10. The quantitative estimate of drug-likeness (QED) is 0.831. The van der Waals surface area contributed by atoms with Crippen LogP contribution in [0.15, 0.2) is 30.3 Å². The van der Waals surface area contributed by atoms with Crippen LogP contribution in [0.4, 0.5) is 19.0 Å². The monoisotopic (exact) mass is 263 g/mol. The van der Waals surface area contributed by atoms with Crippen molar-refractivity contribution in [2.75, 3.05) is 5.73 Å². The zero-order valence-corrected chi connectivity index (χ0v) is 9.27. The van der Waals surface area contributed by atoms with Crippen LogP contribution >= 0.6 is 12.4 Å². The van der Waals surface area contributed by atoms with Gasteiger partial charge in [0, 0.05) is 11.6 Å². The molecule has 2 rings (SSSR count). The number of aromatic amines is 1. The number of aromatic nitrogens is 2. The van der Waals surface area contributed by atoms with Crippen molar-refractivity contribution < 1.29 is 13.2 Å². The molecule has 0 aliphatic carbocycles. The summed E-state index contributed by atoms with van der Waals surface area (Å²) in [6.45, 7) is 0. The number of rotatable bonds is 1. The van der Waals surface area contributed by atoms with Crippen molar-refractivity contribution in [2.24, 2.45) is 0 Å². The highest BCUT2D eigenvalue weighted by atomic mass is 35.5. The topological polar surface area (TPSA) is 54.7 Å². The molecule has 0 spiro atoms. The summed E-state index contributed by atoms with van der Waals surface area (Å²) >= 11 is 0. The van der Waals surface area contributed by atoms with Crippen LogP contribution in [-0.2, 0) is 6.18 Å². The van der Waals surface area contributed by atoms with E-state index in [2.05, 4.69) is 10.2 Å². The molecule has 0 unspecified atom stereocenters. The maximum atomic E-state index is 12.7. The number of nitrogens with zero attached hydrogens (tertiary/aromatic N) is 1. The van der Waals surface area contributed by atoms with Crippen LogP contribution in [0.1, 0.15) is 5.56 Å². The number of anilines is 1. The highest BCUT2D eigenvalue weighted by molar-refractivity contribution is 5.85. The number of halogens is 4.